The van der Waals surface area contributed by atoms with Crippen molar-refractivity contribution in [3.05, 3.63) is 89.8 Å². The Balaban J connectivity index is 1.19. The number of pyridine rings is 1. The van der Waals surface area contributed by atoms with Crippen molar-refractivity contribution in [2.75, 3.05) is 23.3 Å². The van der Waals surface area contributed by atoms with Crippen molar-refractivity contribution in [3.8, 4) is 0 Å². The molecule has 0 bridgehead atoms. The van der Waals surface area contributed by atoms with Gasteiger partial charge in [-0.2, -0.15) is 0 Å². The van der Waals surface area contributed by atoms with Crippen LogP contribution in [0.4, 0.5) is 20.3 Å². The minimum absolute atomic E-state index is 0.100. The summed E-state index contributed by atoms with van der Waals surface area (Å²) in [5.74, 6) is 1.72. The largest absolute Gasteiger partial charge is 0.356 e. The highest BCUT2D eigenvalue weighted by atomic mass is 19.1. The predicted molar refractivity (Wildman–Crippen MR) is 132 cm³/mol. The summed E-state index contributed by atoms with van der Waals surface area (Å²) in [6, 6.07) is 16.6. The van der Waals surface area contributed by atoms with E-state index < -0.39 is 0 Å². The number of amides is 1. The molecule has 2 aromatic heterocycles. The van der Waals surface area contributed by atoms with Gasteiger partial charge >= 0.3 is 0 Å². The van der Waals surface area contributed by atoms with Crippen molar-refractivity contribution < 1.29 is 13.6 Å². The zero-order valence-corrected chi connectivity index (χ0v) is 19.3. The van der Waals surface area contributed by atoms with Crippen molar-refractivity contribution in [3.63, 3.8) is 0 Å². The number of benzene rings is 2. The van der Waals surface area contributed by atoms with Crippen LogP contribution in [0.25, 0.3) is 10.9 Å². The Hall–Kier alpha value is -3.74. The molecule has 2 aromatic carbocycles. The van der Waals surface area contributed by atoms with Gasteiger partial charge in [0.15, 0.2) is 0 Å². The number of nitrogens with zero attached hydrogens (tertiary/aromatic N) is 3. The molecule has 2 atom stereocenters. The zero-order chi connectivity index (χ0) is 23.9. The smallest absolute Gasteiger partial charge is 0.230 e. The summed E-state index contributed by atoms with van der Waals surface area (Å²) < 4.78 is 29.5. The van der Waals surface area contributed by atoms with Gasteiger partial charge in [0.25, 0.3) is 0 Å². The Labute approximate surface area is 202 Å². The summed E-state index contributed by atoms with van der Waals surface area (Å²) in [5, 5.41) is 3.63. The fraction of sp³-hybridized carbons (Fsp3) is 0.286. The first kappa shape index (κ1) is 21.8. The third kappa shape index (κ3) is 4.38. The number of anilines is 2. The number of hydrogen-bond donors (Lipinski definition) is 1. The fourth-order valence-electron chi connectivity index (χ4n) is 5.41. The van der Waals surface area contributed by atoms with Crippen molar-refractivity contribution >= 4 is 28.3 Å². The number of aromatic nitrogens is 2. The van der Waals surface area contributed by atoms with Crippen LogP contribution in [0.3, 0.4) is 0 Å². The average molecular weight is 473 g/mol. The minimum atomic E-state index is -0.339. The molecule has 2 fully saturated rings. The molecular formula is C28H26F2N4O. The van der Waals surface area contributed by atoms with E-state index in [9.17, 15) is 13.6 Å². The van der Waals surface area contributed by atoms with Crippen LogP contribution >= 0.6 is 0 Å². The van der Waals surface area contributed by atoms with Crippen LogP contribution in [0.5, 0.6) is 0 Å². The van der Waals surface area contributed by atoms with Gasteiger partial charge in [-0.05, 0) is 78.8 Å². The fourth-order valence-corrected chi connectivity index (χ4v) is 5.41. The lowest BCUT2D eigenvalue weighted by Crippen LogP contribution is -2.22. The molecule has 178 valence electrons. The van der Waals surface area contributed by atoms with Crippen LogP contribution in [0.1, 0.15) is 24.1 Å². The number of carbonyl (C=O) groups excluding carboxylic acids is 1. The molecule has 1 aliphatic carbocycles. The monoisotopic (exact) mass is 472 g/mol. The molecule has 2 aliphatic rings. The van der Waals surface area contributed by atoms with Crippen LogP contribution in [0, 0.1) is 23.5 Å². The highest BCUT2D eigenvalue weighted by molar-refractivity contribution is 5.93. The van der Waals surface area contributed by atoms with Gasteiger partial charge < -0.3 is 14.8 Å². The summed E-state index contributed by atoms with van der Waals surface area (Å²) in [4.78, 5) is 19.8. The second-order valence-electron chi connectivity index (χ2n) is 9.69. The quantitative estimate of drug-likeness (QED) is 0.409. The van der Waals surface area contributed by atoms with E-state index >= 15 is 0 Å². The molecule has 0 spiro atoms. The number of halogens is 2. The number of carbonyl (C=O) groups is 1. The Kier molecular flexibility index (Phi) is 5.47. The lowest BCUT2D eigenvalue weighted by molar-refractivity contribution is -0.115. The van der Waals surface area contributed by atoms with Gasteiger partial charge in [0.2, 0.25) is 5.91 Å². The van der Waals surface area contributed by atoms with Crippen molar-refractivity contribution in [1.29, 1.82) is 0 Å². The molecule has 1 N–H and O–H groups in total. The second kappa shape index (κ2) is 8.80. The molecule has 1 amide bonds. The average Bonchev–Trinajstić information content (AvgIpc) is 3.30. The first-order valence-electron chi connectivity index (χ1n) is 12.0. The molecular weight excluding hydrogens is 446 g/mol. The minimum Gasteiger partial charge on any atom is -0.356 e. The lowest BCUT2D eigenvalue weighted by Gasteiger charge is -2.27. The topological polar surface area (TPSA) is 50.2 Å². The number of hydrogen-bond acceptors (Lipinski definition) is 3. The summed E-state index contributed by atoms with van der Waals surface area (Å²) in [7, 11) is 0. The molecule has 1 aliphatic heterocycles. The maximum Gasteiger partial charge on any atom is 0.230 e. The van der Waals surface area contributed by atoms with Crippen molar-refractivity contribution in [2.45, 2.75) is 25.8 Å². The molecule has 7 heteroatoms. The summed E-state index contributed by atoms with van der Waals surface area (Å²) >= 11 is 0. The zero-order valence-electron chi connectivity index (χ0n) is 19.3. The molecule has 2 unspecified atom stereocenters. The van der Waals surface area contributed by atoms with Crippen LogP contribution in [-0.2, 0) is 17.8 Å². The molecule has 6 rings (SSSR count). The first-order valence-corrected chi connectivity index (χ1v) is 12.0. The number of nitrogens with one attached hydrogen (secondary N) is 1. The van der Waals surface area contributed by atoms with E-state index in [-0.39, 0.29) is 24.0 Å². The molecule has 0 radical (unpaired) electrons. The third-order valence-corrected chi connectivity index (χ3v) is 7.36. The van der Waals surface area contributed by atoms with Crippen LogP contribution in [0.15, 0.2) is 66.9 Å². The van der Waals surface area contributed by atoms with Crippen LogP contribution in [-0.4, -0.2) is 28.5 Å². The summed E-state index contributed by atoms with van der Waals surface area (Å²) in [5.41, 5.74) is 2.93. The standard InChI is InChI=1S/C28H26F2N4O/c29-22-3-1-2-18(10-22)15-34-25(12-21-11-23(30)6-8-26(21)34)13-28(35)32-24-7-9-27(31-14-24)33-16-19-4-5-20(19)17-33/h1-3,6-12,14,19-20H,4-5,13,15-17H2,(H,32,35). The highest BCUT2D eigenvalue weighted by Crippen LogP contribution is 2.41. The molecule has 1 saturated carbocycles. The Morgan fingerprint density at radius 3 is 2.49 bits per heavy atom. The van der Waals surface area contributed by atoms with E-state index in [4.69, 9.17) is 0 Å². The normalized spacial score (nSPS) is 19.0. The summed E-state index contributed by atoms with van der Waals surface area (Å²) in [6.07, 6.45) is 4.43. The molecule has 35 heavy (non-hydrogen) atoms. The maximum atomic E-state index is 13.8. The van der Waals surface area contributed by atoms with E-state index in [2.05, 4.69) is 15.2 Å². The third-order valence-electron chi connectivity index (χ3n) is 7.36. The molecule has 4 aromatic rings. The van der Waals surface area contributed by atoms with Gasteiger partial charge in [-0.15, -0.1) is 0 Å². The Morgan fingerprint density at radius 2 is 1.77 bits per heavy atom. The Bertz CT molecular complexity index is 1390. The van der Waals surface area contributed by atoms with E-state index in [0.29, 0.717) is 17.6 Å². The van der Waals surface area contributed by atoms with Gasteiger partial charge in [-0.3, -0.25) is 4.79 Å². The molecule has 3 heterocycles. The first-order chi connectivity index (χ1) is 17.0. The predicted octanol–water partition coefficient (Wildman–Crippen LogP) is 5.39. The van der Waals surface area contributed by atoms with Gasteiger partial charge in [-0.25, -0.2) is 13.8 Å². The molecule has 5 nitrogen and oxygen atoms in total. The van der Waals surface area contributed by atoms with E-state index in [0.717, 1.165) is 47.5 Å². The Morgan fingerprint density at radius 1 is 0.971 bits per heavy atom. The van der Waals surface area contributed by atoms with E-state index in [1.54, 1.807) is 18.3 Å². The van der Waals surface area contributed by atoms with Crippen molar-refractivity contribution in [1.82, 2.24) is 9.55 Å². The van der Waals surface area contributed by atoms with Gasteiger partial charge in [-0.1, -0.05) is 12.1 Å². The van der Waals surface area contributed by atoms with E-state index in [1.165, 1.54) is 37.1 Å². The second-order valence-corrected chi connectivity index (χ2v) is 9.69. The highest BCUT2D eigenvalue weighted by Gasteiger charge is 2.39. The van der Waals surface area contributed by atoms with Crippen LogP contribution < -0.4 is 10.2 Å². The molecule has 1 saturated heterocycles. The van der Waals surface area contributed by atoms with Crippen LogP contribution in [0.2, 0.25) is 0 Å². The van der Waals surface area contributed by atoms with Crippen molar-refractivity contribution in [2.24, 2.45) is 11.8 Å². The lowest BCUT2D eigenvalue weighted by atomic mass is 9.77. The number of fused-ring (bicyclic) bond motifs is 2. The van der Waals surface area contributed by atoms with Gasteiger partial charge in [0, 0.05) is 36.2 Å². The maximum absolute atomic E-state index is 13.8. The van der Waals surface area contributed by atoms with Gasteiger partial charge in [0.05, 0.1) is 18.3 Å². The SMILES string of the molecule is O=C(Cc1cc2cc(F)ccc2n1Cc1cccc(F)c1)Nc1ccc(N2CC3CCC3C2)nc1. The van der Waals surface area contributed by atoms with Gasteiger partial charge in [0.1, 0.15) is 17.5 Å². The van der Waals surface area contributed by atoms with E-state index in [1.807, 2.05) is 28.8 Å². The number of rotatable bonds is 6. The summed E-state index contributed by atoms with van der Waals surface area (Å²) in [6.45, 7) is 2.52.